The van der Waals surface area contributed by atoms with E-state index < -0.39 is 5.97 Å². The van der Waals surface area contributed by atoms with E-state index in [9.17, 15) is 4.79 Å². The van der Waals surface area contributed by atoms with Crippen LogP contribution in [0.4, 0.5) is 0 Å². The molecule has 2 nitrogen and oxygen atoms in total. The van der Waals surface area contributed by atoms with Gasteiger partial charge in [0.1, 0.15) is 0 Å². The van der Waals surface area contributed by atoms with Gasteiger partial charge < -0.3 is 4.18 Å². The lowest BCUT2D eigenvalue weighted by atomic mass is 10.4. The first-order valence-corrected chi connectivity index (χ1v) is 5.01. The van der Waals surface area contributed by atoms with Crippen molar-refractivity contribution in [3.63, 3.8) is 0 Å². The summed E-state index contributed by atoms with van der Waals surface area (Å²) in [7, 11) is 0. The van der Waals surface area contributed by atoms with E-state index in [1.54, 1.807) is 31.2 Å². The lowest BCUT2D eigenvalue weighted by Gasteiger charge is -2.01. The largest absolute Gasteiger partial charge is 0.383 e. The van der Waals surface area contributed by atoms with Gasteiger partial charge in [-0.2, -0.15) is 0 Å². The molecule has 0 saturated heterocycles. The summed E-state index contributed by atoms with van der Waals surface area (Å²) in [6, 6.07) is 7.02. The quantitative estimate of drug-likeness (QED) is 0.585. The fourth-order valence-corrected chi connectivity index (χ4v) is 1.33. The van der Waals surface area contributed by atoms with Gasteiger partial charge >= 0.3 is 5.97 Å². The zero-order valence-electron chi connectivity index (χ0n) is 7.62. The van der Waals surface area contributed by atoms with E-state index in [0.29, 0.717) is 10.6 Å². The Morgan fingerprint density at radius 1 is 1.43 bits per heavy atom. The van der Waals surface area contributed by atoms with Crippen LogP contribution in [0.2, 0.25) is 5.02 Å². The number of carbonyl (C=O) groups excluding carboxylic acids is 1. The van der Waals surface area contributed by atoms with Crippen molar-refractivity contribution in [3.05, 3.63) is 41.4 Å². The summed E-state index contributed by atoms with van der Waals surface area (Å²) < 4.78 is 4.86. The van der Waals surface area contributed by atoms with Gasteiger partial charge in [-0.1, -0.05) is 18.2 Å². The van der Waals surface area contributed by atoms with Crippen molar-refractivity contribution in [2.24, 2.45) is 0 Å². The van der Waals surface area contributed by atoms with Crippen molar-refractivity contribution < 1.29 is 8.98 Å². The SMILES string of the molecule is C=C(C)C(=O)OSc1ccc(Cl)cc1. The van der Waals surface area contributed by atoms with Gasteiger partial charge in [-0.25, -0.2) is 4.79 Å². The van der Waals surface area contributed by atoms with Gasteiger partial charge in [-0.3, -0.25) is 0 Å². The van der Waals surface area contributed by atoms with Crippen LogP contribution < -0.4 is 0 Å². The number of hydrogen-bond acceptors (Lipinski definition) is 3. The molecule has 0 spiro atoms. The third kappa shape index (κ3) is 3.44. The summed E-state index contributed by atoms with van der Waals surface area (Å²) in [4.78, 5) is 11.8. The van der Waals surface area contributed by atoms with Crippen LogP contribution in [0, 0.1) is 0 Å². The Morgan fingerprint density at radius 2 is 2.00 bits per heavy atom. The molecule has 0 bridgehead atoms. The summed E-state index contributed by atoms with van der Waals surface area (Å²) in [6.07, 6.45) is 0. The molecular weight excluding hydrogens is 220 g/mol. The number of hydrogen-bond donors (Lipinski definition) is 0. The van der Waals surface area contributed by atoms with Gasteiger partial charge in [0.25, 0.3) is 0 Å². The van der Waals surface area contributed by atoms with Crippen LogP contribution in [0.5, 0.6) is 0 Å². The predicted molar refractivity (Wildman–Crippen MR) is 58.2 cm³/mol. The average molecular weight is 229 g/mol. The summed E-state index contributed by atoms with van der Waals surface area (Å²) in [5.74, 6) is -0.412. The molecule has 1 aromatic rings. The first-order valence-electron chi connectivity index (χ1n) is 3.89. The molecule has 74 valence electrons. The second kappa shape index (κ2) is 5.08. The Morgan fingerprint density at radius 3 is 2.50 bits per heavy atom. The van der Waals surface area contributed by atoms with Crippen LogP contribution >= 0.6 is 23.6 Å². The molecule has 0 atom stereocenters. The lowest BCUT2D eigenvalue weighted by Crippen LogP contribution is -1.98. The Kier molecular flexibility index (Phi) is 4.04. The van der Waals surface area contributed by atoms with Gasteiger partial charge in [0.05, 0.1) is 12.0 Å². The summed E-state index contributed by atoms with van der Waals surface area (Å²) in [5.41, 5.74) is 0.381. The molecule has 0 amide bonds. The van der Waals surface area contributed by atoms with E-state index in [4.69, 9.17) is 15.8 Å². The highest BCUT2D eigenvalue weighted by Gasteiger charge is 2.04. The average Bonchev–Trinajstić information content (AvgIpc) is 2.16. The van der Waals surface area contributed by atoms with E-state index >= 15 is 0 Å². The van der Waals surface area contributed by atoms with Crippen LogP contribution in [-0.4, -0.2) is 5.97 Å². The van der Waals surface area contributed by atoms with E-state index in [2.05, 4.69) is 6.58 Å². The molecule has 1 aromatic carbocycles. The van der Waals surface area contributed by atoms with E-state index in [0.717, 1.165) is 16.9 Å². The number of rotatable bonds is 3. The molecule has 0 saturated carbocycles. The van der Waals surface area contributed by atoms with Crippen molar-refractivity contribution in [1.29, 1.82) is 0 Å². The first kappa shape index (κ1) is 11.1. The fraction of sp³-hybridized carbons (Fsp3) is 0.100. The van der Waals surface area contributed by atoms with E-state index in [-0.39, 0.29) is 0 Å². The highest BCUT2D eigenvalue weighted by molar-refractivity contribution is 7.95. The van der Waals surface area contributed by atoms with Crippen LogP contribution in [-0.2, 0) is 8.98 Å². The zero-order valence-corrected chi connectivity index (χ0v) is 9.19. The maximum atomic E-state index is 11.0. The third-order valence-corrected chi connectivity index (χ3v) is 2.33. The molecule has 0 aliphatic rings. The molecule has 4 heteroatoms. The van der Waals surface area contributed by atoms with Crippen LogP contribution in [0.25, 0.3) is 0 Å². The van der Waals surface area contributed by atoms with Gasteiger partial charge in [0, 0.05) is 15.5 Å². The maximum Gasteiger partial charge on any atom is 0.345 e. The summed E-state index contributed by atoms with van der Waals surface area (Å²) >= 11 is 6.69. The molecule has 14 heavy (non-hydrogen) atoms. The molecule has 0 unspecified atom stereocenters. The molecular formula is C10H9ClO2S. The Hall–Kier alpha value is -0.930. The number of halogens is 1. The van der Waals surface area contributed by atoms with E-state index in [1.165, 1.54) is 0 Å². The van der Waals surface area contributed by atoms with Gasteiger partial charge in [-0.05, 0) is 31.2 Å². The van der Waals surface area contributed by atoms with Gasteiger partial charge in [-0.15, -0.1) is 0 Å². The molecule has 0 aliphatic carbocycles. The van der Waals surface area contributed by atoms with Gasteiger partial charge in [0.2, 0.25) is 0 Å². The smallest absolute Gasteiger partial charge is 0.345 e. The van der Waals surface area contributed by atoms with Crippen molar-refractivity contribution in [2.75, 3.05) is 0 Å². The Labute approximate surface area is 92.1 Å². The van der Waals surface area contributed by atoms with Gasteiger partial charge in [0.15, 0.2) is 0 Å². The zero-order chi connectivity index (χ0) is 10.6. The number of carbonyl (C=O) groups is 1. The van der Waals surface area contributed by atoms with Crippen molar-refractivity contribution in [2.45, 2.75) is 11.8 Å². The van der Waals surface area contributed by atoms with Crippen LogP contribution in [0.15, 0.2) is 41.3 Å². The Bertz CT molecular complexity index is 346. The minimum Gasteiger partial charge on any atom is -0.383 e. The molecule has 0 aliphatic heterocycles. The van der Waals surface area contributed by atoms with Crippen molar-refractivity contribution >= 4 is 29.6 Å². The predicted octanol–water partition coefficient (Wildman–Crippen LogP) is 3.47. The molecule has 0 heterocycles. The second-order valence-electron chi connectivity index (χ2n) is 2.69. The van der Waals surface area contributed by atoms with Crippen molar-refractivity contribution in [3.8, 4) is 0 Å². The number of benzene rings is 1. The molecule has 0 N–H and O–H groups in total. The summed E-state index contributed by atoms with van der Waals surface area (Å²) in [5, 5.41) is 0.653. The topological polar surface area (TPSA) is 26.3 Å². The first-order chi connectivity index (χ1) is 6.59. The maximum absolute atomic E-state index is 11.0. The second-order valence-corrected chi connectivity index (χ2v) is 3.93. The van der Waals surface area contributed by atoms with Crippen LogP contribution in [0.3, 0.4) is 0 Å². The molecule has 0 radical (unpaired) electrons. The normalized spacial score (nSPS) is 9.57. The molecule has 0 fully saturated rings. The molecule has 0 aromatic heterocycles. The fourth-order valence-electron chi connectivity index (χ4n) is 0.647. The standard InChI is InChI=1S/C10H9ClO2S/c1-7(2)10(12)13-14-9-5-3-8(11)4-6-9/h3-6H,1H2,2H3. The summed E-state index contributed by atoms with van der Waals surface area (Å²) in [6.45, 7) is 5.07. The Balaban J connectivity index is 2.50. The highest BCUT2D eigenvalue weighted by atomic mass is 35.5. The minimum atomic E-state index is -0.412. The minimum absolute atomic E-state index is 0.381. The molecule has 1 rings (SSSR count). The third-order valence-electron chi connectivity index (χ3n) is 1.38. The monoisotopic (exact) mass is 228 g/mol. The lowest BCUT2D eigenvalue weighted by molar-refractivity contribution is -0.128. The van der Waals surface area contributed by atoms with E-state index in [1.807, 2.05) is 0 Å². The highest BCUT2D eigenvalue weighted by Crippen LogP contribution is 2.21. The van der Waals surface area contributed by atoms with Crippen molar-refractivity contribution in [1.82, 2.24) is 0 Å². The van der Waals surface area contributed by atoms with Crippen LogP contribution in [0.1, 0.15) is 6.92 Å².